The number of rotatable bonds is 8. The molecule has 0 aliphatic carbocycles. The maximum absolute atomic E-state index is 13.8. The molecule has 2 fully saturated rings. The molecule has 3 aliphatic rings. The van der Waals surface area contributed by atoms with E-state index in [4.69, 9.17) is 9.15 Å². The zero-order valence-corrected chi connectivity index (χ0v) is 23.8. The van der Waals surface area contributed by atoms with Gasteiger partial charge in [0.15, 0.2) is 5.76 Å². The Bertz CT molecular complexity index is 1380. The highest BCUT2D eigenvalue weighted by molar-refractivity contribution is 7.98. The van der Waals surface area contributed by atoms with E-state index < -0.39 is 22.6 Å². The topological polar surface area (TPSA) is 131 Å². The van der Waals surface area contributed by atoms with Gasteiger partial charge in [-0.1, -0.05) is 6.07 Å². The van der Waals surface area contributed by atoms with Gasteiger partial charge in [0.05, 0.1) is 0 Å². The van der Waals surface area contributed by atoms with Crippen molar-refractivity contribution in [3.8, 4) is 5.75 Å². The highest BCUT2D eigenvalue weighted by atomic mass is 32.2. The number of hydrogen-bond donors (Lipinski definition) is 2. The number of fused-ring (bicyclic) bond motifs is 4. The monoisotopic (exact) mass is 571 g/mol. The molecule has 0 aromatic carbocycles. The molecule has 2 saturated heterocycles. The van der Waals surface area contributed by atoms with Gasteiger partial charge < -0.3 is 29.0 Å². The molecular weight excluding hydrogens is 534 g/mol. The standard InChI is InChI=1S/C29H37N3O7S/c1-18-12-23(33)26(36)27(39-18)29(7-9-38-10-8-29)14-24(34)30-21(6-11-40-2)28(37)31-15-19-13-20(17-31)22-4-3-5-25(35)32(22)16-19/h3-5,12,19-21,36H,6-11,13-17H2,1-2H3,(H,30,34)/t19-,20+,21?/m1/s1. The molecule has 0 radical (unpaired) electrons. The summed E-state index contributed by atoms with van der Waals surface area (Å²) in [5.74, 6) is 0.507. The first-order chi connectivity index (χ1) is 19.2. The number of amides is 2. The summed E-state index contributed by atoms with van der Waals surface area (Å²) in [6.07, 6.45) is 4.14. The van der Waals surface area contributed by atoms with E-state index in [0.717, 1.165) is 12.1 Å². The third kappa shape index (κ3) is 5.72. The summed E-state index contributed by atoms with van der Waals surface area (Å²) in [6.45, 7) is 4.00. The van der Waals surface area contributed by atoms with Crippen LogP contribution in [0.4, 0.5) is 0 Å². The Morgan fingerprint density at radius 1 is 1.20 bits per heavy atom. The molecule has 216 valence electrons. The van der Waals surface area contributed by atoms with Gasteiger partial charge >= 0.3 is 0 Å². The number of likely N-dealkylation sites (tertiary alicyclic amines) is 1. The number of hydrogen-bond acceptors (Lipinski definition) is 8. The zero-order chi connectivity index (χ0) is 28.4. The van der Waals surface area contributed by atoms with E-state index in [0.29, 0.717) is 63.6 Å². The quantitative estimate of drug-likeness (QED) is 0.493. The summed E-state index contributed by atoms with van der Waals surface area (Å²) in [5, 5.41) is 13.6. The first kappa shape index (κ1) is 28.5. The number of carbonyl (C=O) groups is 2. The molecule has 3 atom stereocenters. The van der Waals surface area contributed by atoms with Crippen molar-refractivity contribution >= 4 is 23.6 Å². The van der Waals surface area contributed by atoms with E-state index in [-0.39, 0.29) is 41.4 Å². The molecule has 3 aliphatic heterocycles. The van der Waals surface area contributed by atoms with E-state index in [1.54, 1.807) is 30.8 Å². The SMILES string of the molecule is CSCCC(NC(=O)CC1(c2oc(C)cc(=O)c2O)CCOCC1)C(=O)N1C[C@H]2C[C@@H](C1)c1cccc(=O)n1C2. The molecule has 5 rings (SSSR count). The maximum atomic E-state index is 13.8. The first-order valence-corrected chi connectivity index (χ1v) is 15.3. The number of pyridine rings is 1. The average Bonchev–Trinajstić information content (AvgIpc) is 2.93. The molecule has 1 unspecified atom stereocenters. The molecular formula is C29H37N3O7S. The molecule has 2 aromatic heterocycles. The Kier molecular flexibility index (Phi) is 8.42. The van der Waals surface area contributed by atoms with Crippen molar-refractivity contribution in [2.45, 2.75) is 62.9 Å². The summed E-state index contributed by atoms with van der Waals surface area (Å²) < 4.78 is 13.2. The molecule has 5 heterocycles. The average molecular weight is 572 g/mol. The van der Waals surface area contributed by atoms with Gasteiger partial charge in [-0.2, -0.15) is 11.8 Å². The lowest BCUT2D eigenvalue weighted by atomic mass is 9.74. The van der Waals surface area contributed by atoms with Gasteiger partial charge in [0, 0.05) is 68.4 Å². The second-order valence-corrected chi connectivity index (χ2v) is 12.3. The van der Waals surface area contributed by atoms with Gasteiger partial charge in [0.1, 0.15) is 11.8 Å². The number of nitrogens with one attached hydrogen (secondary N) is 1. The van der Waals surface area contributed by atoms with Crippen molar-refractivity contribution in [1.29, 1.82) is 0 Å². The lowest BCUT2D eigenvalue weighted by molar-refractivity contribution is -0.139. The Morgan fingerprint density at radius 2 is 1.98 bits per heavy atom. The highest BCUT2D eigenvalue weighted by Crippen LogP contribution is 2.41. The van der Waals surface area contributed by atoms with Crippen LogP contribution in [0.2, 0.25) is 0 Å². The van der Waals surface area contributed by atoms with Crippen molar-refractivity contribution in [2.24, 2.45) is 5.92 Å². The normalized spacial score (nSPS) is 22.3. The summed E-state index contributed by atoms with van der Waals surface area (Å²) in [6, 6.07) is 5.85. The van der Waals surface area contributed by atoms with Crippen molar-refractivity contribution in [3.63, 3.8) is 0 Å². The van der Waals surface area contributed by atoms with E-state index in [1.807, 2.05) is 21.8 Å². The van der Waals surface area contributed by atoms with Crippen molar-refractivity contribution < 1.29 is 23.8 Å². The molecule has 2 N–H and O–H groups in total. The predicted molar refractivity (Wildman–Crippen MR) is 151 cm³/mol. The molecule has 2 bridgehead atoms. The van der Waals surface area contributed by atoms with Crippen LogP contribution in [0, 0.1) is 12.8 Å². The van der Waals surface area contributed by atoms with Gasteiger partial charge in [0.25, 0.3) is 5.56 Å². The molecule has 11 heteroatoms. The Hall–Kier alpha value is -3.05. The number of aromatic hydroxyl groups is 1. The Labute approximate surface area is 237 Å². The summed E-state index contributed by atoms with van der Waals surface area (Å²) in [7, 11) is 0. The second-order valence-electron chi connectivity index (χ2n) is 11.3. The molecule has 10 nitrogen and oxygen atoms in total. The van der Waals surface area contributed by atoms with E-state index in [2.05, 4.69) is 5.32 Å². The van der Waals surface area contributed by atoms with Crippen LogP contribution in [0.15, 0.2) is 38.3 Å². The minimum absolute atomic E-state index is 0.00499. The fourth-order valence-electron chi connectivity index (χ4n) is 6.55. The Morgan fingerprint density at radius 3 is 2.73 bits per heavy atom. The van der Waals surface area contributed by atoms with Gasteiger partial charge in [-0.25, -0.2) is 0 Å². The molecule has 40 heavy (non-hydrogen) atoms. The van der Waals surface area contributed by atoms with Crippen molar-refractivity contribution in [1.82, 2.24) is 14.8 Å². The van der Waals surface area contributed by atoms with Crippen LogP contribution in [0.1, 0.15) is 55.2 Å². The summed E-state index contributed by atoms with van der Waals surface area (Å²) in [4.78, 5) is 54.0. The number of aromatic nitrogens is 1. The van der Waals surface area contributed by atoms with Gasteiger partial charge in [-0.15, -0.1) is 0 Å². The zero-order valence-electron chi connectivity index (χ0n) is 23.0. The van der Waals surface area contributed by atoms with Crippen LogP contribution >= 0.6 is 11.8 Å². The van der Waals surface area contributed by atoms with Crippen LogP contribution in [-0.2, 0) is 26.3 Å². The fraction of sp³-hybridized carbons (Fsp3) is 0.586. The van der Waals surface area contributed by atoms with Crippen LogP contribution in [0.5, 0.6) is 5.75 Å². The third-order valence-electron chi connectivity index (χ3n) is 8.51. The number of piperidine rings is 1. The second kappa shape index (κ2) is 11.8. The maximum Gasteiger partial charge on any atom is 0.250 e. The van der Waals surface area contributed by atoms with E-state index in [1.165, 1.54) is 6.07 Å². The van der Waals surface area contributed by atoms with Crippen molar-refractivity contribution in [3.05, 3.63) is 62.1 Å². The fourth-order valence-corrected chi connectivity index (χ4v) is 7.02. The van der Waals surface area contributed by atoms with Crippen LogP contribution in [0.3, 0.4) is 0 Å². The number of aryl methyl sites for hydroxylation is 1. The largest absolute Gasteiger partial charge is 0.502 e. The lowest BCUT2D eigenvalue weighted by Crippen LogP contribution is -2.55. The summed E-state index contributed by atoms with van der Waals surface area (Å²) in [5.41, 5.74) is -0.497. The van der Waals surface area contributed by atoms with E-state index in [9.17, 15) is 24.3 Å². The molecule has 2 amide bonds. The number of thioether (sulfide) groups is 1. The predicted octanol–water partition coefficient (Wildman–Crippen LogP) is 2.14. The van der Waals surface area contributed by atoms with Crippen molar-refractivity contribution in [2.75, 3.05) is 38.3 Å². The minimum Gasteiger partial charge on any atom is -0.502 e. The highest BCUT2D eigenvalue weighted by Gasteiger charge is 2.43. The number of nitrogens with zero attached hydrogens (tertiary/aromatic N) is 2. The smallest absolute Gasteiger partial charge is 0.250 e. The van der Waals surface area contributed by atoms with Gasteiger partial charge in [0.2, 0.25) is 23.0 Å². The first-order valence-electron chi connectivity index (χ1n) is 13.9. The number of carbonyl (C=O) groups excluding carboxylic acids is 2. The lowest BCUT2D eigenvalue weighted by Gasteiger charge is -2.43. The van der Waals surface area contributed by atoms with Crippen LogP contribution in [0.25, 0.3) is 0 Å². The van der Waals surface area contributed by atoms with Gasteiger partial charge in [-0.05, 0) is 56.6 Å². The Balaban J connectivity index is 1.34. The number of ether oxygens (including phenoxy) is 1. The molecule has 0 saturated carbocycles. The minimum atomic E-state index is -0.913. The van der Waals surface area contributed by atoms with Crippen LogP contribution < -0.4 is 16.3 Å². The van der Waals surface area contributed by atoms with Crippen LogP contribution in [-0.4, -0.2) is 70.7 Å². The van der Waals surface area contributed by atoms with E-state index >= 15 is 0 Å². The molecule has 2 aromatic rings. The third-order valence-corrected chi connectivity index (χ3v) is 9.16. The molecule has 0 spiro atoms. The summed E-state index contributed by atoms with van der Waals surface area (Å²) >= 11 is 1.61. The van der Waals surface area contributed by atoms with Gasteiger partial charge in [-0.3, -0.25) is 19.2 Å².